The first-order valence-corrected chi connectivity index (χ1v) is 13.3. The van der Waals surface area contributed by atoms with Crippen LogP contribution in [0, 0.1) is 11.5 Å². The molecular weight excluding hydrogens is 551 g/mol. The highest BCUT2D eigenvalue weighted by molar-refractivity contribution is 6.35. The Balaban J connectivity index is 1.19. The zero-order chi connectivity index (χ0) is 27.8. The molecule has 1 aliphatic heterocycles. The predicted octanol–water partition coefficient (Wildman–Crippen LogP) is 5.58. The van der Waals surface area contributed by atoms with Gasteiger partial charge < -0.3 is 29.4 Å². The number of anilines is 1. The van der Waals surface area contributed by atoms with E-state index in [1.807, 2.05) is 77.6 Å². The van der Waals surface area contributed by atoms with Crippen LogP contribution < -0.4 is 15.4 Å². The summed E-state index contributed by atoms with van der Waals surface area (Å²) in [7, 11) is 0. The van der Waals surface area contributed by atoms with Crippen molar-refractivity contribution in [3.05, 3.63) is 113 Å². The van der Waals surface area contributed by atoms with Crippen LogP contribution in [0.3, 0.4) is 0 Å². The number of guanidine groups is 1. The Labute approximate surface area is 241 Å². The SMILES string of the molecule is N#CN=C(NCc1ccccc1)Nc1ccc(OC[C@@H]2CO[C@@](Cn3ccnc3)(c3ccc(Cl)cc3Cl)O2)cc1. The Kier molecular flexibility index (Phi) is 8.84. The van der Waals surface area contributed by atoms with Crippen molar-refractivity contribution >= 4 is 34.8 Å². The standard InChI is InChI=1S/C29H26Cl2N6O3/c30-22-6-11-26(27(31)14-22)29(18-37-13-12-33-20-37)39-17-25(40-29)16-38-24-9-7-23(8-10-24)36-28(35-19-32)34-15-21-4-2-1-3-5-21/h1-14,20,25H,15-18H2,(H2,34,35,36)/t25-,29-/m1/s1. The van der Waals surface area contributed by atoms with Crippen LogP contribution in [-0.2, 0) is 28.4 Å². The zero-order valence-electron chi connectivity index (χ0n) is 21.3. The van der Waals surface area contributed by atoms with Crippen molar-refractivity contribution in [2.45, 2.75) is 25.0 Å². The Morgan fingerprint density at radius 2 is 1.98 bits per heavy atom. The molecule has 0 aliphatic carbocycles. The van der Waals surface area contributed by atoms with E-state index in [1.165, 1.54) is 0 Å². The number of rotatable bonds is 9. The van der Waals surface area contributed by atoms with Crippen LogP contribution in [0.25, 0.3) is 0 Å². The Morgan fingerprint density at radius 3 is 2.70 bits per heavy atom. The number of nitrogens with zero attached hydrogens (tertiary/aromatic N) is 4. The first-order chi connectivity index (χ1) is 19.5. The lowest BCUT2D eigenvalue weighted by Crippen LogP contribution is -2.34. The predicted molar refractivity (Wildman–Crippen MR) is 153 cm³/mol. The summed E-state index contributed by atoms with van der Waals surface area (Å²) in [5.74, 6) is -0.110. The third-order valence-electron chi connectivity index (χ3n) is 6.17. The van der Waals surface area contributed by atoms with Crippen molar-refractivity contribution in [3.8, 4) is 11.9 Å². The lowest BCUT2D eigenvalue weighted by atomic mass is 10.1. The Hall–Kier alpha value is -4.07. The second-order valence-electron chi connectivity index (χ2n) is 9.02. The van der Waals surface area contributed by atoms with Crippen molar-refractivity contribution in [3.63, 3.8) is 0 Å². The van der Waals surface area contributed by atoms with Crippen LogP contribution in [0.2, 0.25) is 10.0 Å². The number of benzene rings is 3. The quantitative estimate of drug-likeness (QED) is 0.152. The van der Waals surface area contributed by atoms with E-state index in [2.05, 4.69) is 20.6 Å². The molecule has 2 atom stereocenters. The fourth-order valence-corrected chi connectivity index (χ4v) is 4.83. The van der Waals surface area contributed by atoms with Gasteiger partial charge in [-0.25, -0.2) is 4.98 Å². The van der Waals surface area contributed by atoms with E-state index in [4.69, 9.17) is 42.7 Å². The number of imidazole rings is 1. The van der Waals surface area contributed by atoms with Gasteiger partial charge in [-0.15, -0.1) is 4.99 Å². The molecule has 0 radical (unpaired) electrons. The summed E-state index contributed by atoms with van der Waals surface area (Å²) in [6.45, 7) is 1.47. The van der Waals surface area contributed by atoms with Crippen molar-refractivity contribution in [2.75, 3.05) is 18.5 Å². The molecule has 5 rings (SSSR count). The van der Waals surface area contributed by atoms with Gasteiger partial charge in [-0.05, 0) is 42.0 Å². The molecule has 0 spiro atoms. The van der Waals surface area contributed by atoms with Crippen molar-refractivity contribution in [1.29, 1.82) is 5.26 Å². The van der Waals surface area contributed by atoms with Gasteiger partial charge in [-0.2, -0.15) is 5.26 Å². The van der Waals surface area contributed by atoms with E-state index in [0.717, 1.165) is 11.3 Å². The summed E-state index contributed by atoms with van der Waals surface area (Å²) in [5, 5.41) is 16.3. The van der Waals surface area contributed by atoms with Crippen LogP contribution in [0.15, 0.2) is 96.5 Å². The molecule has 0 unspecified atom stereocenters. The van der Waals surface area contributed by atoms with E-state index < -0.39 is 5.79 Å². The molecule has 1 aliphatic rings. The van der Waals surface area contributed by atoms with Gasteiger partial charge in [0.25, 0.3) is 0 Å². The first kappa shape index (κ1) is 27.5. The highest BCUT2D eigenvalue weighted by atomic mass is 35.5. The molecule has 204 valence electrons. The average molecular weight is 577 g/mol. The van der Waals surface area contributed by atoms with Crippen LogP contribution in [0.5, 0.6) is 5.75 Å². The van der Waals surface area contributed by atoms with Crippen LogP contribution >= 0.6 is 23.2 Å². The minimum atomic E-state index is -1.12. The molecule has 1 aromatic heterocycles. The third kappa shape index (κ3) is 6.92. The maximum absolute atomic E-state index is 9.06. The number of ether oxygens (including phenoxy) is 3. The van der Waals surface area contributed by atoms with E-state index in [-0.39, 0.29) is 12.7 Å². The summed E-state index contributed by atoms with van der Waals surface area (Å²) < 4.78 is 20.5. The third-order valence-corrected chi connectivity index (χ3v) is 6.72. The van der Waals surface area contributed by atoms with Gasteiger partial charge in [0.2, 0.25) is 17.9 Å². The second kappa shape index (κ2) is 12.9. The summed E-state index contributed by atoms with van der Waals surface area (Å²) in [4.78, 5) is 7.96. The minimum Gasteiger partial charge on any atom is -0.491 e. The number of aromatic nitrogens is 2. The second-order valence-corrected chi connectivity index (χ2v) is 9.87. The van der Waals surface area contributed by atoms with E-state index in [1.54, 1.807) is 24.7 Å². The summed E-state index contributed by atoms with van der Waals surface area (Å²) in [5.41, 5.74) is 2.50. The van der Waals surface area contributed by atoms with E-state index >= 15 is 0 Å². The fourth-order valence-electron chi connectivity index (χ4n) is 4.28. The number of nitrogens with one attached hydrogen (secondary N) is 2. The fraction of sp³-hybridized carbons (Fsp3) is 0.207. The monoisotopic (exact) mass is 576 g/mol. The largest absolute Gasteiger partial charge is 0.491 e. The highest BCUT2D eigenvalue weighted by Crippen LogP contribution is 2.40. The van der Waals surface area contributed by atoms with E-state index in [0.29, 0.717) is 47.0 Å². The first-order valence-electron chi connectivity index (χ1n) is 12.5. The molecule has 3 aromatic carbocycles. The molecule has 11 heteroatoms. The van der Waals surface area contributed by atoms with Gasteiger partial charge in [0.1, 0.15) is 18.5 Å². The lowest BCUT2D eigenvalue weighted by Gasteiger charge is -2.30. The topological polar surface area (TPSA) is 106 Å². The zero-order valence-corrected chi connectivity index (χ0v) is 22.8. The smallest absolute Gasteiger partial charge is 0.215 e. The number of hydrogen-bond donors (Lipinski definition) is 2. The summed E-state index contributed by atoms with van der Waals surface area (Å²) in [6.07, 6.45) is 6.70. The molecule has 9 nitrogen and oxygen atoms in total. The van der Waals surface area contributed by atoms with Crippen LogP contribution in [0.4, 0.5) is 5.69 Å². The normalized spacial score (nSPS) is 18.7. The van der Waals surface area contributed by atoms with E-state index in [9.17, 15) is 0 Å². The van der Waals surface area contributed by atoms with Crippen LogP contribution in [-0.4, -0.2) is 34.8 Å². The Bertz CT molecular complexity index is 1480. The van der Waals surface area contributed by atoms with Crippen molar-refractivity contribution < 1.29 is 14.2 Å². The van der Waals surface area contributed by atoms with Gasteiger partial charge in [0.15, 0.2) is 0 Å². The number of halogens is 2. The van der Waals surface area contributed by atoms with Gasteiger partial charge in [0, 0.05) is 35.2 Å². The molecule has 1 saturated heterocycles. The molecule has 2 heterocycles. The lowest BCUT2D eigenvalue weighted by molar-refractivity contribution is -0.189. The van der Waals surface area contributed by atoms with Gasteiger partial charge in [-0.3, -0.25) is 0 Å². The number of hydrogen-bond acceptors (Lipinski definition) is 6. The van der Waals surface area contributed by atoms with Gasteiger partial charge in [-0.1, -0.05) is 59.6 Å². The summed E-state index contributed by atoms with van der Waals surface area (Å²) in [6, 6.07) is 22.4. The molecule has 0 saturated carbocycles. The van der Waals surface area contributed by atoms with Gasteiger partial charge >= 0.3 is 0 Å². The maximum Gasteiger partial charge on any atom is 0.215 e. The molecule has 1 fully saturated rings. The molecule has 0 bridgehead atoms. The van der Waals surface area contributed by atoms with Crippen molar-refractivity contribution in [2.24, 2.45) is 4.99 Å². The molecule has 2 N–H and O–H groups in total. The molecule has 40 heavy (non-hydrogen) atoms. The number of aliphatic imine (C=N–C) groups is 1. The van der Waals surface area contributed by atoms with Crippen LogP contribution in [0.1, 0.15) is 11.1 Å². The average Bonchev–Trinajstić information content (AvgIpc) is 3.63. The van der Waals surface area contributed by atoms with Crippen molar-refractivity contribution in [1.82, 2.24) is 14.9 Å². The summed E-state index contributed by atoms with van der Waals surface area (Å²) >= 11 is 12.7. The molecule has 0 amide bonds. The molecular formula is C29H26Cl2N6O3. The minimum absolute atomic E-state index is 0.267. The highest BCUT2D eigenvalue weighted by Gasteiger charge is 2.45. The Morgan fingerprint density at radius 1 is 1.15 bits per heavy atom. The maximum atomic E-state index is 9.06. The molecule has 4 aromatic rings. The van der Waals surface area contributed by atoms with Gasteiger partial charge in [0.05, 0.1) is 24.5 Å². The number of nitriles is 1.